The zero-order valence-electron chi connectivity index (χ0n) is 9.35. The van der Waals surface area contributed by atoms with Gasteiger partial charge in [-0.15, -0.1) is 0 Å². The second-order valence-electron chi connectivity index (χ2n) is 4.08. The first kappa shape index (κ1) is 12.8. The molecule has 2 atom stereocenters. The van der Waals surface area contributed by atoms with Gasteiger partial charge in [0.2, 0.25) is 0 Å². The van der Waals surface area contributed by atoms with Gasteiger partial charge in [-0.2, -0.15) is 0 Å². The van der Waals surface area contributed by atoms with Gasteiger partial charge in [-0.1, -0.05) is 6.42 Å². The summed E-state index contributed by atoms with van der Waals surface area (Å²) >= 11 is 0. The maximum Gasteiger partial charge on any atom is 0.317 e. The van der Waals surface area contributed by atoms with E-state index in [0.29, 0.717) is 12.8 Å². The van der Waals surface area contributed by atoms with Crippen LogP contribution in [0, 0.1) is 5.92 Å². The van der Waals surface area contributed by atoms with Gasteiger partial charge in [-0.25, -0.2) is 4.79 Å². The summed E-state index contributed by atoms with van der Waals surface area (Å²) in [7, 11) is 1.57. The normalized spacial score (nSPS) is 24.1. The third-order valence-corrected chi connectivity index (χ3v) is 2.92. The van der Waals surface area contributed by atoms with Crippen LogP contribution in [0.4, 0.5) is 4.79 Å². The number of carboxylic acids is 1. The molecule has 16 heavy (non-hydrogen) atoms. The highest BCUT2D eigenvalue weighted by Gasteiger charge is 2.34. The van der Waals surface area contributed by atoms with Gasteiger partial charge in [-0.3, -0.25) is 4.79 Å². The highest BCUT2D eigenvalue weighted by molar-refractivity contribution is 5.77. The lowest BCUT2D eigenvalue weighted by atomic mass is 10.0. The molecule has 0 bridgehead atoms. The Balaban J connectivity index is 2.47. The van der Waals surface area contributed by atoms with E-state index in [9.17, 15) is 9.59 Å². The number of aliphatic hydroxyl groups excluding tert-OH is 1. The van der Waals surface area contributed by atoms with E-state index in [1.807, 2.05) is 0 Å². The van der Waals surface area contributed by atoms with Gasteiger partial charge < -0.3 is 20.4 Å². The van der Waals surface area contributed by atoms with Crippen LogP contribution in [0.25, 0.3) is 0 Å². The van der Waals surface area contributed by atoms with Crippen molar-refractivity contribution >= 4 is 12.0 Å². The van der Waals surface area contributed by atoms with Crippen LogP contribution >= 0.6 is 0 Å². The molecule has 92 valence electrons. The fourth-order valence-corrected chi connectivity index (χ4v) is 1.95. The monoisotopic (exact) mass is 230 g/mol. The summed E-state index contributed by atoms with van der Waals surface area (Å²) in [6.07, 6.45) is 2.14. The number of carbonyl (C=O) groups is 2. The molecule has 1 aliphatic rings. The Bertz CT molecular complexity index is 270. The van der Waals surface area contributed by atoms with Crippen molar-refractivity contribution in [3.8, 4) is 0 Å². The SMILES string of the molecule is CN(CCO)C(=O)NC1CCCC1C(=O)O. The number of urea groups is 1. The third-order valence-electron chi connectivity index (χ3n) is 2.92. The van der Waals surface area contributed by atoms with Crippen molar-refractivity contribution in [1.29, 1.82) is 0 Å². The first-order chi connectivity index (χ1) is 7.56. The molecule has 0 aromatic heterocycles. The van der Waals surface area contributed by atoms with E-state index in [-0.39, 0.29) is 25.2 Å². The number of aliphatic carboxylic acids is 1. The van der Waals surface area contributed by atoms with Gasteiger partial charge in [-0.05, 0) is 12.8 Å². The molecular weight excluding hydrogens is 212 g/mol. The van der Waals surface area contributed by atoms with Gasteiger partial charge in [0, 0.05) is 19.6 Å². The molecule has 2 amide bonds. The quantitative estimate of drug-likeness (QED) is 0.627. The topological polar surface area (TPSA) is 89.9 Å². The second-order valence-corrected chi connectivity index (χ2v) is 4.08. The first-order valence-corrected chi connectivity index (χ1v) is 5.41. The Morgan fingerprint density at radius 2 is 2.12 bits per heavy atom. The van der Waals surface area contributed by atoms with Crippen LogP contribution in [-0.4, -0.2) is 53.4 Å². The molecule has 6 heteroatoms. The van der Waals surface area contributed by atoms with Crippen molar-refractivity contribution < 1.29 is 19.8 Å². The van der Waals surface area contributed by atoms with E-state index in [1.165, 1.54) is 4.90 Å². The number of hydrogen-bond donors (Lipinski definition) is 3. The lowest BCUT2D eigenvalue weighted by molar-refractivity contribution is -0.142. The van der Waals surface area contributed by atoms with Crippen LogP contribution in [0.3, 0.4) is 0 Å². The molecule has 0 aromatic carbocycles. The van der Waals surface area contributed by atoms with E-state index in [0.717, 1.165) is 6.42 Å². The van der Waals surface area contributed by atoms with Crippen LogP contribution in [-0.2, 0) is 4.79 Å². The fourth-order valence-electron chi connectivity index (χ4n) is 1.95. The summed E-state index contributed by atoms with van der Waals surface area (Å²) in [6.45, 7) is 0.146. The van der Waals surface area contributed by atoms with E-state index in [4.69, 9.17) is 10.2 Å². The van der Waals surface area contributed by atoms with Gasteiger partial charge in [0.15, 0.2) is 0 Å². The minimum absolute atomic E-state index is 0.100. The standard InChI is InChI=1S/C10H18N2O4/c1-12(5-6-13)10(16)11-8-4-2-3-7(8)9(14)15/h7-8,13H,2-6H2,1H3,(H,11,16)(H,14,15). The largest absolute Gasteiger partial charge is 0.481 e. The molecule has 0 spiro atoms. The molecule has 0 heterocycles. The Morgan fingerprint density at radius 1 is 1.44 bits per heavy atom. The van der Waals surface area contributed by atoms with E-state index in [2.05, 4.69) is 5.32 Å². The number of nitrogens with zero attached hydrogens (tertiary/aromatic N) is 1. The predicted octanol–water partition coefficient (Wildman–Crippen LogP) is -0.127. The predicted molar refractivity (Wildman–Crippen MR) is 57.0 cm³/mol. The number of carboxylic acid groups (broad SMARTS) is 1. The molecule has 0 aliphatic heterocycles. The maximum absolute atomic E-state index is 11.6. The summed E-state index contributed by atoms with van der Waals surface area (Å²) in [4.78, 5) is 23.8. The Labute approximate surface area is 94.2 Å². The average molecular weight is 230 g/mol. The van der Waals surface area contributed by atoms with E-state index >= 15 is 0 Å². The molecule has 0 radical (unpaired) electrons. The molecule has 3 N–H and O–H groups in total. The number of aliphatic hydroxyl groups is 1. The highest BCUT2D eigenvalue weighted by atomic mass is 16.4. The lowest BCUT2D eigenvalue weighted by Gasteiger charge is -2.22. The van der Waals surface area contributed by atoms with Gasteiger partial charge in [0.05, 0.1) is 12.5 Å². The summed E-state index contributed by atoms with van der Waals surface area (Å²) in [5.41, 5.74) is 0. The Hall–Kier alpha value is -1.30. The zero-order valence-corrected chi connectivity index (χ0v) is 9.35. The van der Waals surface area contributed by atoms with Crippen LogP contribution in [0.5, 0.6) is 0 Å². The van der Waals surface area contributed by atoms with Gasteiger partial charge in [0.1, 0.15) is 0 Å². The minimum atomic E-state index is -0.854. The maximum atomic E-state index is 11.6. The highest BCUT2D eigenvalue weighted by Crippen LogP contribution is 2.25. The molecule has 0 saturated heterocycles. The summed E-state index contributed by atoms with van der Waals surface area (Å²) in [5.74, 6) is -1.33. The third kappa shape index (κ3) is 3.10. The number of carbonyl (C=O) groups excluding carboxylic acids is 1. The van der Waals surface area contributed by atoms with E-state index < -0.39 is 11.9 Å². The van der Waals surface area contributed by atoms with Crippen molar-refractivity contribution in [2.24, 2.45) is 5.92 Å². The smallest absolute Gasteiger partial charge is 0.317 e. The van der Waals surface area contributed by atoms with E-state index in [1.54, 1.807) is 7.05 Å². The number of likely N-dealkylation sites (N-methyl/N-ethyl adjacent to an activating group) is 1. The van der Waals surface area contributed by atoms with Crippen LogP contribution < -0.4 is 5.32 Å². The molecule has 1 saturated carbocycles. The Kier molecular flexibility index (Phi) is 4.54. The lowest BCUT2D eigenvalue weighted by Crippen LogP contribution is -2.46. The number of rotatable bonds is 4. The number of hydrogen-bond acceptors (Lipinski definition) is 3. The average Bonchev–Trinajstić information content (AvgIpc) is 2.66. The Morgan fingerprint density at radius 3 is 2.69 bits per heavy atom. The molecule has 0 aromatic rings. The minimum Gasteiger partial charge on any atom is -0.481 e. The fraction of sp³-hybridized carbons (Fsp3) is 0.800. The molecular formula is C10H18N2O4. The van der Waals surface area contributed by atoms with Crippen molar-refractivity contribution in [3.05, 3.63) is 0 Å². The molecule has 2 unspecified atom stereocenters. The van der Waals surface area contributed by atoms with Gasteiger partial charge in [0.25, 0.3) is 0 Å². The molecule has 1 aliphatic carbocycles. The first-order valence-electron chi connectivity index (χ1n) is 5.41. The van der Waals surface area contributed by atoms with Crippen LogP contribution in [0.15, 0.2) is 0 Å². The zero-order chi connectivity index (χ0) is 12.1. The summed E-state index contributed by atoms with van der Waals surface area (Å²) in [5, 5.41) is 20.3. The van der Waals surface area contributed by atoms with Crippen molar-refractivity contribution in [1.82, 2.24) is 10.2 Å². The van der Waals surface area contributed by atoms with Crippen molar-refractivity contribution in [2.45, 2.75) is 25.3 Å². The number of amides is 2. The van der Waals surface area contributed by atoms with Crippen molar-refractivity contribution in [3.63, 3.8) is 0 Å². The molecule has 1 fully saturated rings. The summed E-state index contributed by atoms with van der Waals surface area (Å²) in [6, 6.07) is -0.613. The molecule has 1 rings (SSSR count). The second kappa shape index (κ2) is 5.69. The van der Waals surface area contributed by atoms with Crippen molar-refractivity contribution in [2.75, 3.05) is 20.2 Å². The van der Waals surface area contributed by atoms with Crippen LogP contribution in [0.2, 0.25) is 0 Å². The summed E-state index contributed by atoms with van der Waals surface area (Å²) < 4.78 is 0. The van der Waals surface area contributed by atoms with Crippen LogP contribution in [0.1, 0.15) is 19.3 Å². The molecule has 6 nitrogen and oxygen atoms in total. The number of nitrogens with one attached hydrogen (secondary N) is 1. The van der Waals surface area contributed by atoms with Gasteiger partial charge >= 0.3 is 12.0 Å².